The Morgan fingerprint density at radius 1 is 1.00 bits per heavy atom. The van der Waals surface area contributed by atoms with Crippen molar-refractivity contribution in [1.29, 1.82) is 0 Å². The van der Waals surface area contributed by atoms with Crippen LogP contribution in [0.4, 0.5) is 5.69 Å². The van der Waals surface area contributed by atoms with Gasteiger partial charge >= 0.3 is 0 Å². The van der Waals surface area contributed by atoms with Crippen LogP contribution in [0.15, 0.2) is 71.6 Å². The lowest BCUT2D eigenvalue weighted by Crippen LogP contribution is -2.27. The Labute approximate surface area is 188 Å². The molecular formula is C24H25ClN2O3S. The number of amides is 1. The molecule has 2 N–H and O–H groups in total. The van der Waals surface area contributed by atoms with E-state index in [4.69, 9.17) is 11.6 Å². The fourth-order valence-electron chi connectivity index (χ4n) is 3.16. The third kappa shape index (κ3) is 5.46. The fraction of sp³-hybridized carbons (Fsp3) is 0.208. The summed E-state index contributed by atoms with van der Waals surface area (Å²) in [6.07, 6.45) is 0. The first kappa shape index (κ1) is 22.8. The van der Waals surface area contributed by atoms with E-state index in [2.05, 4.69) is 10.0 Å². The molecular weight excluding hydrogens is 432 g/mol. The molecule has 162 valence electrons. The average molecular weight is 457 g/mol. The lowest BCUT2D eigenvalue weighted by molar-refractivity contribution is 0.0951. The minimum absolute atomic E-state index is 0.0482. The molecule has 3 rings (SSSR count). The molecule has 0 aromatic heterocycles. The zero-order valence-corrected chi connectivity index (χ0v) is 19.2. The average Bonchev–Trinajstić information content (AvgIpc) is 2.75. The molecule has 1 unspecified atom stereocenters. The third-order valence-corrected chi connectivity index (χ3v) is 7.12. The van der Waals surface area contributed by atoms with Crippen molar-refractivity contribution >= 4 is 33.2 Å². The molecule has 0 aliphatic carbocycles. The van der Waals surface area contributed by atoms with Crippen LogP contribution in [0, 0.1) is 13.8 Å². The van der Waals surface area contributed by atoms with E-state index in [-0.39, 0.29) is 27.3 Å². The maximum atomic E-state index is 13.0. The zero-order valence-electron chi connectivity index (χ0n) is 17.6. The molecule has 0 saturated carbocycles. The van der Waals surface area contributed by atoms with Crippen LogP contribution < -0.4 is 10.0 Å². The van der Waals surface area contributed by atoms with Gasteiger partial charge in [0.05, 0.1) is 10.7 Å². The van der Waals surface area contributed by atoms with Crippen LogP contribution in [0.5, 0.6) is 0 Å². The van der Waals surface area contributed by atoms with Crippen LogP contribution in [-0.2, 0) is 10.0 Å². The molecule has 0 fully saturated rings. The van der Waals surface area contributed by atoms with E-state index >= 15 is 0 Å². The lowest BCUT2D eigenvalue weighted by Gasteiger charge is -2.15. The molecule has 3 aromatic rings. The van der Waals surface area contributed by atoms with Gasteiger partial charge in [0.2, 0.25) is 0 Å². The van der Waals surface area contributed by atoms with Crippen molar-refractivity contribution in [2.24, 2.45) is 0 Å². The highest BCUT2D eigenvalue weighted by molar-refractivity contribution is 7.92. The number of sulfonamides is 1. The molecule has 0 aliphatic rings. The van der Waals surface area contributed by atoms with Gasteiger partial charge in [0.25, 0.3) is 15.9 Å². The first-order valence-electron chi connectivity index (χ1n) is 9.91. The maximum Gasteiger partial charge on any atom is 0.263 e. The summed E-state index contributed by atoms with van der Waals surface area (Å²) >= 11 is 6.18. The van der Waals surface area contributed by atoms with Crippen molar-refractivity contribution in [3.05, 3.63) is 94.0 Å². The first-order chi connectivity index (χ1) is 14.7. The van der Waals surface area contributed by atoms with Gasteiger partial charge in [0.1, 0.15) is 4.90 Å². The number of carbonyl (C=O) groups is 1. The fourth-order valence-corrected chi connectivity index (χ4v) is 4.81. The van der Waals surface area contributed by atoms with Gasteiger partial charge in [-0.25, -0.2) is 8.42 Å². The number of halogens is 1. The van der Waals surface area contributed by atoms with Crippen LogP contribution in [-0.4, -0.2) is 20.9 Å². The smallest absolute Gasteiger partial charge is 0.263 e. The standard InChI is InChI=1S/C24H25ClN2O3S/c1-16-8-7-11-22(18(16)3)27-31(29,30)23-14-20(12-13-21(23)25)24(28)26-15-17(2)19-9-5-4-6-10-19/h4-14,17,27H,15H2,1-3H3,(H,26,28). The number of hydrogen-bond donors (Lipinski definition) is 2. The normalized spacial score (nSPS) is 12.3. The summed E-state index contributed by atoms with van der Waals surface area (Å²) in [6.45, 7) is 6.18. The SMILES string of the molecule is Cc1cccc(NS(=O)(=O)c2cc(C(=O)NCC(C)c3ccccc3)ccc2Cl)c1C. The molecule has 5 nitrogen and oxygen atoms in total. The predicted molar refractivity (Wildman–Crippen MR) is 125 cm³/mol. The number of rotatable bonds is 7. The molecule has 0 radical (unpaired) electrons. The third-order valence-electron chi connectivity index (χ3n) is 5.27. The molecule has 0 saturated heterocycles. The van der Waals surface area contributed by atoms with Gasteiger partial charge in [0.15, 0.2) is 0 Å². The number of anilines is 1. The van der Waals surface area contributed by atoms with Crippen molar-refractivity contribution in [3.63, 3.8) is 0 Å². The Morgan fingerprint density at radius 2 is 1.71 bits per heavy atom. The second-order valence-electron chi connectivity index (χ2n) is 7.52. The summed E-state index contributed by atoms with van der Waals surface area (Å²) in [4.78, 5) is 12.5. The molecule has 1 amide bonds. The van der Waals surface area contributed by atoms with Crippen LogP contribution in [0.3, 0.4) is 0 Å². The van der Waals surface area contributed by atoms with Gasteiger partial charge in [-0.05, 0) is 60.7 Å². The van der Waals surface area contributed by atoms with E-state index in [1.807, 2.05) is 57.2 Å². The monoisotopic (exact) mass is 456 g/mol. The molecule has 0 bridgehead atoms. The van der Waals surface area contributed by atoms with E-state index < -0.39 is 10.0 Å². The minimum atomic E-state index is -3.98. The predicted octanol–water partition coefficient (Wildman–Crippen LogP) is 5.29. The summed E-state index contributed by atoms with van der Waals surface area (Å²) in [7, 11) is -3.98. The number of carbonyl (C=O) groups excluding carboxylic acids is 1. The summed E-state index contributed by atoms with van der Waals surface area (Å²) in [5.74, 6) is -0.241. The Kier molecular flexibility index (Phi) is 7.03. The van der Waals surface area contributed by atoms with Gasteiger partial charge in [-0.2, -0.15) is 0 Å². The Morgan fingerprint density at radius 3 is 2.42 bits per heavy atom. The molecule has 7 heteroatoms. The molecule has 0 heterocycles. The van der Waals surface area contributed by atoms with Gasteiger partial charge in [-0.15, -0.1) is 0 Å². The summed E-state index contributed by atoms with van der Waals surface area (Å²) in [5.41, 5.74) is 3.60. The van der Waals surface area contributed by atoms with E-state index in [0.717, 1.165) is 16.7 Å². The highest BCUT2D eigenvalue weighted by Crippen LogP contribution is 2.27. The first-order valence-corrected chi connectivity index (χ1v) is 11.8. The van der Waals surface area contributed by atoms with Crippen molar-refractivity contribution in [2.75, 3.05) is 11.3 Å². The Hall–Kier alpha value is -2.83. The largest absolute Gasteiger partial charge is 0.351 e. The Balaban J connectivity index is 1.79. The summed E-state index contributed by atoms with van der Waals surface area (Å²) in [5, 5.41) is 2.91. The number of aryl methyl sites for hydroxylation is 1. The van der Waals surface area contributed by atoms with Crippen LogP contribution >= 0.6 is 11.6 Å². The quantitative estimate of drug-likeness (QED) is 0.507. The van der Waals surface area contributed by atoms with Crippen molar-refractivity contribution < 1.29 is 13.2 Å². The number of hydrogen-bond acceptors (Lipinski definition) is 3. The van der Waals surface area contributed by atoms with Gasteiger partial charge in [-0.1, -0.05) is 61.0 Å². The highest BCUT2D eigenvalue weighted by atomic mass is 35.5. The molecule has 0 spiro atoms. The molecule has 1 atom stereocenters. The van der Waals surface area contributed by atoms with Gasteiger partial charge in [0, 0.05) is 12.1 Å². The molecule has 0 aliphatic heterocycles. The second kappa shape index (κ2) is 9.54. The van der Waals surface area contributed by atoms with E-state index in [1.165, 1.54) is 18.2 Å². The number of nitrogens with one attached hydrogen (secondary N) is 2. The summed E-state index contributed by atoms with van der Waals surface area (Å²) < 4.78 is 28.5. The molecule has 31 heavy (non-hydrogen) atoms. The van der Waals surface area contributed by atoms with Crippen LogP contribution in [0.2, 0.25) is 5.02 Å². The lowest BCUT2D eigenvalue weighted by atomic mass is 10.0. The summed E-state index contributed by atoms with van der Waals surface area (Å²) in [6, 6.07) is 19.5. The van der Waals surface area contributed by atoms with Gasteiger partial charge in [-0.3, -0.25) is 9.52 Å². The molecule has 3 aromatic carbocycles. The van der Waals surface area contributed by atoms with Crippen LogP contribution in [0.25, 0.3) is 0 Å². The van der Waals surface area contributed by atoms with Crippen molar-refractivity contribution in [2.45, 2.75) is 31.6 Å². The van der Waals surface area contributed by atoms with Crippen LogP contribution in [0.1, 0.15) is 39.9 Å². The topological polar surface area (TPSA) is 75.3 Å². The van der Waals surface area contributed by atoms with Crippen molar-refractivity contribution in [3.8, 4) is 0 Å². The van der Waals surface area contributed by atoms with Gasteiger partial charge < -0.3 is 5.32 Å². The van der Waals surface area contributed by atoms with E-state index in [9.17, 15) is 13.2 Å². The second-order valence-corrected chi connectivity index (χ2v) is 9.58. The highest BCUT2D eigenvalue weighted by Gasteiger charge is 2.21. The maximum absolute atomic E-state index is 13.0. The number of benzene rings is 3. The zero-order chi connectivity index (χ0) is 22.6. The van der Waals surface area contributed by atoms with E-state index in [1.54, 1.807) is 12.1 Å². The Bertz CT molecular complexity index is 1190. The van der Waals surface area contributed by atoms with E-state index in [0.29, 0.717) is 12.2 Å². The minimum Gasteiger partial charge on any atom is -0.351 e. The van der Waals surface area contributed by atoms with Crippen molar-refractivity contribution in [1.82, 2.24) is 5.32 Å².